The Morgan fingerprint density at radius 1 is 0.370 bits per heavy atom. The van der Waals surface area contributed by atoms with Gasteiger partial charge in [0.05, 0.1) is 16.4 Å². The molecule has 1 spiro atoms. The van der Waals surface area contributed by atoms with Crippen molar-refractivity contribution in [3.63, 3.8) is 0 Å². The topological polar surface area (TPSA) is 8.17 Å². The number of aromatic nitrogens is 1. The first-order chi connectivity index (χ1) is 26.6. The first-order valence-electron chi connectivity index (χ1n) is 18.9. The van der Waals surface area contributed by atoms with Gasteiger partial charge in [0.25, 0.3) is 0 Å². The number of nitrogens with zero attached hydrogens (tertiary/aromatic N) is 2. The molecule has 1 aromatic heterocycles. The van der Waals surface area contributed by atoms with E-state index in [2.05, 4.69) is 217 Å². The molecule has 0 aliphatic heterocycles. The minimum Gasteiger partial charge on any atom is -0.310 e. The summed E-state index contributed by atoms with van der Waals surface area (Å²) in [5.74, 6) is 0. The number of fused-ring (bicyclic) bond motifs is 12. The maximum Gasteiger partial charge on any atom is 0.0720 e. The molecule has 2 nitrogen and oxygen atoms in total. The average Bonchev–Trinajstić information content (AvgIpc) is 3.71. The van der Waals surface area contributed by atoms with E-state index in [0.717, 1.165) is 22.7 Å². The highest BCUT2D eigenvalue weighted by Gasteiger charge is 2.53. The van der Waals surface area contributed by atoms with Gasteiger partial charge in [0.15, 0.2) is 0 Å². The average molecular weight is 691 g/mol. The number of anilines is 3. The number of hydrogen-bond acceptors (Lipinski definition) is 1. The van der Waals surface area contributed by atoms with Gasteiger partial charge in [-0.1, -0.05) is 147 Å². The zero-order valence-corrected chi connectivity index (χ0v) is 30.4. The Kier molecular flexibility index (Phi) is 6.55. The van der Waals surface area contributed by atoms with Crippen LogP contribution in [0.2, 0.25) is 0 Å². The predicted octanol–water partition coefficient (Wildman–Crippen LogP) is 13.3. The summed E-state index contributed by atoms with van der Waals surface area (Å²) in [6, 6.07) is 71.9. The molecule has 1 heterocycles. The molecule has 0 atom stereocenters. The summed E-state index contributed by atoms with van der Waals surface area (Å²) < 4.78 is 2.39. The second-order valence-corrected chi connectivity index (χ2v) is 15.3. The normalized spacial score (nSPS) is 14.4. The molecule has 0 radical (unpaired) electrons. The third-order valence-corrected chi connectivity index (χ3v) is 12.2. The summed E-state index contributed by atoms with van der Waals surface area (Å²) in [4.78, 5) is 2.44. The fourth-order valence-corrected chi connectivity index (χ4v) is 9.97. The van der Waals surface area contributed by atoms with E-state index in [9.17, 15) is 0 Å². The highest BCUT2D eigenvalue weighted by Crippen LogP contribution is 2.62. The van der Waals surface area contributed by atoms with Crippen molar-refractivity contribution < 1.29 is 0 Å². The van der Waals surface area contributed by atoms with Crippen molar-refractivity contribution in [1.82, 2.24) is 4.57 Å². The van der Waals surface area contributed by atoms with E-state index in [1.54, 1.807) is 0 Å². The van der Waals surface area contributed by atoms with Gasteiger partial charge in [0.2, 0.25) is 0 Å². The molecule has 0 N–H and O–H groups in total. The standard InChI is InChI=1S/C52H38N2/c1-51(2)44-24-12-14-26-46(44)52(47-27-15-13-25-45(47)51)43-23-11-9-21-39(43)40-31-29-38(34-48(40)52)53(35-17-5-3-6-18-35)37-30-32-50-42(33-37)41-22-10-16-28-49(41)54(50)36-19-7-4-8-20-36/h3-34H,1-2H3. The third kappa shape index (κ3) is 4.11. The second kappa shape index (κ2) is 11.4. The molecule has 0 unspecified atom stereocenters. The molecule has 11 rings (SSSR count). The van der Waals surface area contributed by atoms with Crippen LogP contribution in [0.15, 0.2) is 194 Å². The van der Waals surface area contributed by atoms with Crippen molar-refractivity contribution in [1.29, 1.82) is 0 Å². The van der Waals surface area contributed by atoms with Crippen LogP contribution in [0, 0.1) is 0 Å². The summed E-state index contributed by atoms with van der Waals surface area (Å²) in [6.45, 7) is 4.77. The molecule has 2 heteroatoms. The molecule has 0 bridgehead atoms. The number of benzene rings is 8. The van der Waals surface area contributed by atoms with Crippen LogP contribution < -0.4 is 4.90 Å². The van der Waals surface area contributed by atoms with Crippen LogP contribution >= 0.6 is 0 Å². The number of rotatable bonds is 4. The minimum absolute atomic E-state index is 0.141. The lowest BCUT2D eigenvalue weighted by Gasteiger charge is -2.46. The van der Waals surface area contributed by atoms with Crippen LogP contribution in [-0.2, 0) is 10.8 Å². The highest BCUT2D eigenvalue weighted by molar-refractivity contribution is 6.10. The van der Waals surface area contributed by atoms with Gasteiger partial charge in [-0.05, 0) is 105 Å². The lowest BCUT2D eigenvalue weighted by molar-refractivity contribution is 0.563. The van der Waals surface area contributed by atoms with E-state index in [4.69, 9.17) is 0 Å². The molecule has 2 aliphatic rings. The van der Waals surface area contributed by atoms with Crippen molar-refractivity contribution in [2.75, 3.05) is 4.90 Å². The summed E-state index contributed by atoms with van der Waals surface area (Å²) >= 11 is 0. The van der Waals surface area contributed by atoms with Gasteiger partial charge in [0.1, 0.15) is 0 Å². The maximum absolute atomic E-state index is 2.49. The van der Waals surface area contributed by atoms with Crippen LogP contribution in [0.1, 0.15) is 47.2 Å². The Morgan fingerprint density at radius 2 is 0.889 bits per heavy atom. The Morgan fingerprint density at radius 3 is 1.61 bits per heavy atom. The van der Waals surface area contributed by atoms with Gasteiger partial charge >= 0.3 is 0 Å². The fraction of sp³-hybridized carbons (Fsp3) is 0.0769. The van der Waals surface area contributed by atoms with Gasteiger partial charge in [0, 0.05) is 38.9 Å². The van der Waals surface area contributed by atoms with Crippen molar-refractivity contribution in [2.45, 2.75) is 24.7 Å². The van der Waals surface area contributed by atoms with Crippen LogP contribution in [0.25, 0.3) is 38.6 Å². The van der Waals surface area contributed by atoms with Crippen molar-refractivity contribution in [3.8, 4) is 16.8 Å². The van der Waals surface area contributed by atoms with E-state index in [1.807, 2.05) is 0 Å². The summed E-state index contributed by atoms with van der Waals surface area (Å²) in [5.41, 5.74) is 17.2. The molecular formula is C52H38N2. The van der Waals surface area contributed by atoms with Crippen LogP contribution in [-0.4, -0.2) is 4.57 Å². The molecular weight excluding hydrogens is 653 g/mol. The maximum atomic E-state index is 2.49. The smallest absolute Gasteiger partial charge is 0.0720 e. The monoisotopic (exact) mass is 690 g/mol. The molecule has 0 amide bonds. The molecule has 9 aromatic rings. The molecule has 8 aromatic carbocycles. The predicted molar refractivity (Wildman–Crippen MR) is 225 cm³/mol. The van der Waals surface area contributed by atoms with Crippen LogP contribution in [0.3, 0.4) is 0 Å². The quantitative estimate of drug-likeness (QED) is 0.178. The Balaban J connectivity index is 1.19. The first-order valence-corrected chi connectivity index (χ1v) is 18.9. The van der Waals surface area contributed by atoms with E-state index >= 15 is 0 Å². The van der Waals surface area contributed by atoms with Crippen molar-refractivity contribution in [3.05, 3.63) is 228 Å². The molecule has 0 saturated heterocycles. The molecule has 54 heavy (non-hydrogen) atoms. The largest absolute Gasteiger partial charge is 0.310 e. The van der Waals surface area contributed by atoms with E-state index in [-0.39, 0.29) is 5.41 Å². The van der Waals surface area contributed by atoms with Crippen LogP contribution in [0.5, 0.6) is 0 Å². The van der Waals surface area contributed by atoms with Gasteiger partial charge in [-0.2, -0.15) is 0 Å². The van der Waals surface area contributed by atoms with Gasteiger partial charge < -0.3 is 9.47 Å². The minimum atomic E-state index is -0.458. The fourth-order valence-electron chi connectivity index (χ4n) is 9.97. The summed E-state index contributed by atoms with van der Waals surface area (Å²) in [5, 5.41) is 2.47. The zero-order chi connectivity index (χ0) is 36.0. The van der Waals surface area contributed by atoms with Gasteiger partial charge in [-0.3, -0.25) is 0 Å². The molecule has 2 aliphatic carbocycles. The van der Waals surface area contributed by atoms with Crippen molar-refractivity contribution >= 4 is 38.9 Å². The number of para-hydroxylation sites is 3. The summed E-state index contributed by atoms with van der Waals surface area (Å²) in [7, 11) is 0. The second-order valence-electron chi connectivity index (χ2n) is 15.3. The van der Waals surface area contributed by atoms with Crippen molar-refractivity contribution in [2.24, 2.45) is 0 Å². The summed E-state index contributed by atoms with van der Waals surface area (Å²) in [6.07, 6.45) is 0. The first kappa shape index (κ1) is 30.9. The molecule has 0 fully saturated rings. The third-order valence-electron chi connectivity index (χ3n) is 12.2. The molecule has 0 saturated carbocycles. The van der Waals surface area contributed by atoms with E-state index in [1.165, 1.54) is 66.3 Å². The van der Waals surface area contributed by atoms with Crippen LogP contribution in [0.4, 0.5) is 17.1 Å². The van der Waals surface area contributed by atoms with E-state index in [0.29, 0.717) is 0 Å². The van der Waals surface area contributed by atoms with Gasteiger partial charge in [-0.15, -0.1) is 0 Å². The Labute approximate surface area is 316 Å². The van der Waals surface area contributed by atoms with Gasteiger partial charge in [-0.25, -0.2) is 0 Å². The lowest BCUT2D eigenvalue weighted by atomic mass is 9.55. The van der Waals surface area contributed by atoms with E-state index < -0.39 is 5.41 Å². The SMILES string of the molecule is CC1(C)c2ccccc2C2(c3ccccc3-c3ccc(N(c4ccccc4)c4ccc5c(c4)c4ccccc4n5-c4ccccc4)cc32)c2ccccc21. The number of hydrogen-bond donors (Lipinski definition) is 0. The zero-order valence-electron chi connectivity index (χ0n) is 30.4. The Hall–Kier alpha value is -6.64. The molecule has 256 valence electrons. The highest BCUT2D eigenvalue weighted by atomic mass is 15.1. The Bertz CT molecular complexity index is 2870. The lowest BCUT2D eigenvalue weighted by Crippen LogP contribution is -2.40.